The molecule has 0 aromatic heterocycles. The van der Waals surface area contributed by atoms with Crippen molar-refractivity contribution in [3.8, 4) is 0 Å². The Labute approximate surface area is 186 Å². The van der Waals surface area contributed by atoms with Crippen molar-refractivity contribution in [1.29, 1.82) is 0 Å². The lowest BCUT2D eigenvalue weighted by Gasteiger charge is -2.39. The van der Waals surface area contributed by atoms with Crippen molar-refractivity contribution >= 4 is 41.7 Å². The van der Waals surface area contributed by atoms with Crippen LogP contribution in [0.4, 0.5) is 0 Å². The van der Waals surface area contributed by atoms with Crippen LogP contribution in [-0.4, -0.2) is 74.5 Å². The molecule has 0 amide bonds. The average Bonchev–Trinajstić information content (AvgIpc) is 3.22. The number of guanidine groups is 1. The van der Waals surface area contributed by atoms with E-state index in [1.807, 2.05) is 18.8 Å². The van der Waals surface area contributed by atoms with Gasteiger partial charge in [-0.25, -0.2) is 0 Å². The molecule has 2 saturated heterocycles. The number of hydrogen-bond acceptors (Lipinski definition) is 4. The first-order valence-electron chi connectivity index (χ1n) is 10.4. The second-order valence-electron chi connectivity index (χ2n) is 8.07. The number of hydrogen-bond donors (Lipinski definition) is 1. The molecule has 3 fully saturated rings. The first kappa shape index (κ1) is 23.5. The van der Waals surface area contributed by atoms with Crippen molar-refractivity contribution in [3.05, 3.63) is 0 Å². The second kappa shape index (κ2) is 12.1. The number of nitrogens with one attached hydrogen (secondary N) is 1. The lowest BCUT2D eigenvalue weighted by Crippen LogP contribution is -2.51. The zero-order valence-electron chi connectivity index (χ0n) is 17.1. The molecule has 3 rings (SSSR count). The maximum absolute atomic E-state index is 6.21. The van der Waals surface area contributed by atoms with Crippen LogP contribution in [0.15, 0.2) is 4.99 Å². The van der Waals surface area contributed by atoms with E-state index >= 15 is 0 Å². The molecule has 0 unspecified atom stereocenters. The number of rotatable bonds is 6. The molecule has 27 heavy (non-hydrogen) atoms. The second-order valence-corrected chi connectivity index (χ2v) is 9.34. The Morgan fingerprint density at radius 2 is 1.85 bits per heavy atom. The molecular weight excluding hydrogens is 473 g/mol. The van der Waals surface area contributed by atoms with Gasteiger partial charge in [0.25, 0.3) is 0 Å². The molecule has 1 N–H and O–H groups in total. The third-order valence-electron chi connectivity index (χ3n) is 6.40. The Morgan fingerprint density at radius 3 is 2.44 bits per heavy atom. The van der Waals surface area contributed by atoms with E-state index in [1.54, 1.807) is 0 Å². The molecule has 0 aromatic carbocycles. The molecule has 5 nitrogen and oxygen atoms in total. The van der Waals surface area contributed by atoms with Crippen molar-refractivity contribution in [2.45, 2.75) is 62.2 Å². The van der Waals surface area contributed by atoms with Crippen LogP contribution < -0.4 is 5.32 Å². The minimum absolute atomic E-state index is 0. The predicted octanol–water partition coefficient (Wildman–Crippen LogP) is 3.76. The SMILES string of the molecule is CN=C(NCC1(SC)CCOCC1)N1CCC(OCC2CCCC2)CC1.I. The molecule has 1 aliphatic carbocycles. The van der Waals surface area contributed by atoms with Gasteiger partial charge < -0.3 is 19.7 Å². The van der Waals surface area contributed by atoms with Gasteiger partial charge in [0.15, 0.2) is 5.96 Å². The standard InChI is InChI=1S/C20H37N3O2S.HI/c1-21-19(22-16-20(26-2)9-13-24-14-10-20)23-11-7-18(8-12-23)25-15-17-5-3-4-6-17;/h17-18H,3-16H2,1-2H3,(H,21,22);1H. The molecule has 3 aliphatic rings. The highest BCUT2D eigenvalue weighted by atomic mass is 127. The highest BCUT2D eigenvalue weighted by Crippen LogP contribution is 2.33. The van der Waals surface area contributed by atoms with E-state index in [2.05, 4.69) is 21.5 Å². The maximum atomic E-state index is 6.21. The summed E-state index contributed by atoms with van der Waals surface area (Å²) in [4.78, 5) is 6.95. The molecule has 0 atom stereocenters. The Morgan fingerprint density at radius 1 is 1.19 bits per heavy atom. The fourth-order valence-electron chi connectivity index (χ4n) is 4.45. The van der Waals surface area contributed by atoms with Gasteiger partial charge in [0.1, 0.15) is 0 Å². The van der Waals surface area contributed by atoms with Gasteiger partial charge >= 0.3 is 0 Å². The van der Waals surface area contributed by atoms with Crippen molar-refractivity contribution in [3.63, 3.8) is 0 Å². The molecular formula is C20H38IN3O2S. The van der Waals surface area contributed by atoms with Gasteiger partial charge in [0.05, 0.1) is 6.10 Å². The largest absolute Gasteiger partial charge is 0.381 e. The molecule has 7 heteroatoms. The number of thioether (sulfide) groups is 1. The smallest absolute Gasteiger partial charge is 0.193 e. The normalized spacial score (nSPS) is 24.7. The summed E-state index contributed by atoms with van der Waals surface area (Å²) in [5.41, 5.74) is 0. The van der Waals surface area contributed by atoms with Crippen molar-refractivity contribution in [2.24, 2.45) is 10.9 Å². The van der Waals surface area contributed by atoms with Gasteiger partial charge in [-0.3, -0.25) is 4.99 Å². The average molecular weight is 512 g/mol. The van der Waals surface area contributed by atoms with Crippen LogP contribution in [0.25, 0.3) is 0 Å². The predicted molar refractivity (Wildman–Crippen MR) is 126 cm³/mol. The van der Waals surface area contributed by atoms with E-state index in [1.165, 1.54) is 25.7 Å². The van der Waals surface area contributed by atoms with Crippen LogP contribution in [0.5, 0.6) is 0 Å². The van der Waals surface area contributed by atoms with Gasteiger partial charge in [-0.2, -0.15) is 11.8 Å². The van der Waals surface area contributed by atoms with Crippen LogP contribution in [0.2, 0.25) is 0 Å². The fourth-order valence-corrected chi connectivity index (χ4v) is 5.24. The van der Waals surface area contributed by atoms with Crippen LogP contribution in [0.1, 0.15) is 51.4 Å². The van der Waals surface area contributed by atoms with E-state index in [0.717, 1.165) is 77.0 Å². The lowest BCUT2D eigenvalue weighted by molar-refractivity contribution is 0.000955. The van der Waals surface area contributed by atoms with E-state index in [9.17, 15) is 0 Å². The molecule has 2 aliphatic heterocycles. The summed E-state index contributed by atoms with van der Waals surface area (Å²) in [5, 5.41) is 3.65. The molecule has 1 saturated carbocycles. The Kier molecular flexibility index (Phi) is 10.5. The molecule has 0 aromatic rings. The van der Waals surface area contributed by atoms with Gasteiger partial charge in [-0.1, -0.05) is 12.8 Å². The highest BCUT2D eigenvalue weighted by Gasteiger charge is 2.32. The Hall–Kier alpha value is 0.270. The summed E-state index contributed by atoms with van der Waals surface area (Å²) in [6.45, 7) is 5.81. The molecule has 0 spiro atoms. The summed E-state index contributed by atoms with van der Waals surface area (Å²) in [6, 6.07) is 0. The van der Waals surface area contributed by atoms with Crippen LogP contribution in [0.3, 0.4) is 0 Å². The van der Waals surface area contributed by atoms with Crippen molar-refractivity contribution in [2.75, 3.05) is 52.8 Å². The molecule has 158 valence electrons. The summed E-state index contributed by atoms with van der Waals surface area (Å²) in [7, 11) is 1.90. The van der Waals surface area contributed by atoms with Crippen molar-refractivity contribution < 1.29 is 9.47 Å². The van der Waals surface area contributed by atoms with Crippen LogP contribution in [0, 0.1) is 5.92 Å². The minimum Gasteiger partial charge on any atom is -0.381 e. The third kappa shape index (κ3) is 6.93. The maximum Gasteiger partial charge on any atom is 0.193 e. The van der Waals surface area contributed by atoms with Crippen LogP contribution >= 0.6 is 35.7 Å². The Bertz CT molecular complexity index is 447. The summed E-state index contributed by atoms with van der Waals surface area (Å²) < 4.78 is 12.1. The molecule has 2 heterocycles. The van der Waals surface area contributed by atoms with E-state index in [-0.39, 0.29) is 28.7 Å². The van der Waals surface area contributed by atoms with Gasteiger partial charge in [0, 0.05) is 51.2 Å². The van der Waals surface area contributed by atoms with Gasteiger partial charge in [-0.15, -0.1) is 24.0 Å². The first-order chi connectivity index (χ1) is 12.7. The van der Waals surface area contributed by atoms with Crippen LogP contribution in [-0.2, 0) is 9.47 Å². The van der Waals surface area contributed by atoms with E-state index < -0.39 is 0 Å². The zero-order chi connectivity index (χ0) is 18.2. The zero-order valence-corrected chi connectivity index (χ0v) is 20.2. The number of nitrogens with zero attached hydrogens (tertiary/aromatic N) is 2. The summed E-state index contributed by atoms with van der Waals surface area (Å²) >= 11 is 1.98. The van der Waals surface area contributed by atoms with Gasteiger partial charge in [-0.05, 0) is 50.7 Å². The number of ether oxygens (including phenoxy) is 2. The number of halogens is 1. The summed E-state index contributed by atoms with van der Waals surface area (Å²) in [6.07, 6.45) is 12.7. The number of likely N-dealkylation sites (tertiary alicyclic amines) is 1. The summed E-state index contributed by atoms with van der Waals surface area (Å²) in [5.74, 6) is 1.88. The van der Waals surface area contributed by atoms with Gasteiger partial charge in [0.2, 0.25) is 0 Å². The van der Waals surface area contributed by atoms with Crippen molar-refractivity contribution in [1.82, 2.24) is 10.2 Å². The minimum atomic E-state index is 0. The van der Waals surface area contributed by atoms with E-state index in [0.29, 0.717) is 6.10 Å². The number of aliphatic imine (C=N–C) groups is 1. The first-order valence-corrected chi connectivity index (χ1v) is 11.7. The van der Waals surface area contributed by atoms with E-state index in [4.69, 9.17) is 9.47 Å². The lowest BCUT2D eigenvalue weighted by atomic mass is 9.99. The monoisotopic (exact) mass is 511 g/mol. The highest BCUT2D eigenvalue weighted by molar-refractivity contribution is 14.0. The fraction of sp³-hybridized carbons (Fsp3) is 0.950. The Balaban J connectivity index is 0.00000261. The topological polar surface area (TPSA) is 46.1 Å². The third-order valence-corrected chi connectivity index (χ3v) is 7.82. The molecule has 0 radical (unpaired) electrons. The quantitative estimate of drug-likeness (QED) is 0.334. The number of piperidine rings is 1. The molecule has 0 bridgehead atoms.